The van der Waals surface area contributed by atoms with Crippen molar-refractivity contribution in [1.82, 2.24) is 25.1 Å². The van der Waals surface area contributed by atoms with Crippen molar-refractivity contribution in [3.05, 3.63) is 70.4 Å². The molecule has 2 aromatic heterocycles. The monoisotopic (exact) mass is 444 g/mol. The van der Waals surface area contributed by atoms with Gasteiger partial charge < -0.3 is 9.80 Å². The van der Waals surface area contributed by atoms with Crippen LogP contribution >= 0.6 is 0 Å². The zero-order chi connectivity index (χ0) is 22.8. The summed E-state index contributed by atoms with van der Waals surface area (Å²) in [6, 6.07) is 10.5. The molecule has 1 amide bonds. The number of hydrogen-bond acceptors (Lipinski definition) is 5. The molecular weight excluding hydrogens is 412 g/mol. The van der Waals surface area contributed by atoms with E-state index in [0.29, 0.717) is 5.56 Å². The molecule has 2 aliphatic rings. The van der Waals surface area contributed by atoms with Crippen molar-refractivity contribution in [3.8, 4) is 0 Å². The zero-order valence-corrected chi connectivity index (χ0v) is 19.5. The summed E-state index contributed by atoms with van der Waals surface area (Å²) in [6.07, 6.45) is 7.75. The lowest BCUT2D eigenvalue weighted by molar-refractivity contribution is 0.0599. The summed E-state index contributed by atoms with van der Waals surface area (Å²) >= 11 is 0. The summed E-state index contributed by atoms with van der Waals surface area (Å²) in [5, 5.41) is 6.94. The van der Waals surface area contributed by atoms with Crippen molar-refractivity contribution in [3.63, 3.8) is 0 Å². The largest absolute Gasteiger partial charge is 0.356 e. The van der Waals surface area contributed by atoms with Crippen molar-refractivity contribution in [2.45, 2.75) is 58.4 Å². The van der Waals surface area contributed by atoms with Gasteiger partial charge in [-0.25, -0.2) is 9.97 Å². The molecule has 0 bridgehead atoms. The molecular formula is C26H32N6O. The second-order valence-electron chi connectivity index (χ2n) is 9.21. The lowest BCUT2D eigenvalue weighted by Crippen LogP contribution is -2.40. The molecule has 2 aliphatic heterocycles. The lowest BCUT2D eigenvalue weighted by atomic mass is 9.98. The van der Waals surface area contributed by atoms with E-state index in [0.717, 1.165) is 81.2 Å². The smallest absolute Gasteiger partial charge is 0.257 e. The van der Waals surface area contributed by atoms with E-state index >= 15 is 0 Å². The van der Waals surface area contributed by atoms with Gasteiger partial charge in [-0.15, -0.1) is 0 Å². The fourth-order valence-corrected chi connectivity index (χ4v) is 5.15. The van der Waals surface area contributed by atoms with E-state index < -0.39 is 0 Å². The number of anilines is 1. The first kappa shape index (κ1) is 21.6. The first-order valence-electron chi connectivity index (χ1n) is 12.1. The van der Waals surface area contributed by atoms with Crippen molar-refractivity contribution in [2.24, 2.45) is 0 Å². The van der Waals surface area contributed by atoms with E-state index in [1.165, 1.54) is 11.1 Å². The standard InChI is InChI=1S/C26H32N6O/c1-18-21-11-8-14-31(16-13-20-9-4-3-5-10-20)25(21)29-24(28-18)23-12-6-7-15-32(23)26(33)22-17-27-30-19(22)2/h3-5,9-10,17,23H,6-8,11-16H2,1-2H3,(H,27,30)/t23-/m0/s1. The molecule has 0 radical (unpaired) electrons. The molecule has 1 atom stereocenters. The highest BCUT2D eigenvalue weighted by Gasteiger charge is 2.33. The highest BCUT2D eigenvalue weighted by Crippen LogP contribution is 2.34. The Bertz CT molecular complexity index is 1130. The summed E-state index contributed by atoms with van der Waals surface area (Å²) in [5.41, 5.74) is 5.10. The Morgan fingerprint density at radius 2 is 1.94 bits per heavy atom. The predicted molar refractivity (Wildman–Crippen MR) is 128 cm³/mol. The van der Waals surface area contributed by atoms with Crippen LogP contribution in [0.1, 0.15) is 70.4 Å². The number of carbonyl (C=O) groups is 1. The maximum absolute atomic E-state index is 13.4. The number of aromatic amines is 1. The van der Waals surface area contributed by atoms with Gasteiger partial charge in [0.05, 0.1) is 17.8 Å². The molecule has 172 valence electrons. The fourth-order valence-electron chi connectivity index (χ4n) is 5.15. The summed E-state index contributed by atoms with van der Waals surface area (Å²) < 4.78 is 0. The van der Waals surface area contributed by atoms with Crippen LogP contribution in [0.2, 0.25) is 0 Å². The molecule has 0 aliphatic carbocycles. The third kappa shape index (κ3) is 4.36. The Kier molecular flexibility index (Phi) is 6.11. The van der Waals surface area contributed by atoms with E-state index in [9.17, 15) is 4.79 Å². The molecule has 0 saturated carbocycles. The van der Waals surface area contributed by atoms with Crippen molar-refractivity contribution >= 4 is 11.7 Å². The molecule has 5 rings (SSSR count). The van der Waals surface area contributed by atoms with Gasteiger partial charge in [-0.1, -0.05) is 30.3 Å². The average molecular weight is 445 g/mol. The molecule has 3 aromatic rings. The Morgan fingerprint density at radius 1 is 1.09 bits per heavy atom. The van der Waals surface area contributed by atoms with E-state index in [4.69, 9.17) is 9.97 Å². The number of amides is 1. The van der Waals surface area contributed by atoms with Crippen LogP contribution in [0.4, 0.5) is 5.82 Å². The summed E-state index contributed by atoms with van der Waals surface area (Å²) in [6.45, 7) is 6.67. The number of piperidine rings is 1. The third-order valence-electron chi connectivity index (χ3n) is 7.00. The van der Waals surface area contributed by atoms with Gasteiger partial charge in [-0.2, -0.15) is 5.10 Å². The topological polar surface area (TPSA) is 78.0 Å². The third-order valence-corrected chi connectivity index (χ3v) is 7.00. The maximum Gasteiger partial charge on any atom is 0.257 e. The number of benzene rings is 1. The van der Waals surface area contributed by atoms with Gasteiger partial charge >= 0.3 is 0 Å². The van der Waals surface area contributed by atoms with Crippen LogP contribution in [-0.2, 0) is 12.8 Å². The van der Waals surface area contributed by atoms with Crippen LogP contribution in [-0.4, -0.2) is 50.6 Å². The van der Waals surface area contributed by atoms with Crippen LogP contribution in [0.25, 0.3) is 0 Å². The molecule has 0 unspecified atom stereocenters. The van der Waals surface area contributed by atoms with E-state index in [-0.39, 0.29) is 11.9 Å². The molecule has 1 fully saturated rings. The van der Waals surface area contributed by atoms with Gasteiger partial charge in [0, 0.05) is 36.6 Å². The summed E-state index contributed by atoms with van der Waals surface area (Å²) in [7, 11) is 0. The van der Waals surface area contributed by atoms with Crippen molar-refractivity contribution in [2.75, 3.05) is 24.5 Å². The van der Waals surface area contributed by atoms with Crippen molar-refractivity contribution < 1.29 is 4.79 Å². The molecule has 1 N–H and O–H groups in total. The van der Waals surface area contributed by atoms with Crippen LogP contribution in [0.5, 0.6) is 0 Å². The number of nitrogens with one attached hydrogen (secondary N) is 1. The molecule has 4 heterocycles. The first-order valence-corrected chi connectivity index (χ1v) is 12.1. The van der Waals surface area contributed by atoms with Gasteiger partial charge in [0.15, 0.2) is 5.82 Å². The Hall–Kier alpha value is -3.22. The minimum absolute atomic E-state index is 0.0193. The molecule has 7 nitrogen and oxygen atoms in total. The fraction of sp³-hybridized carbons (Fsp3) is 0.462. The Morgan fingerprint density at radius 3 is 2.73 bits per heavy atom. The number of nitrogens with zero attached hydrogens (tertiary/aromatic N) is 5. The van der Waals surface area contributed by atoms with Gasteiger partial charge in [0.25, 0.3) is 5.91 Å². The van der Waals surface area contributed by atoms with Gasteiger partial charge in [-0.05, 0) is 57.9 Å². The molecule has 33 heavy (non-hydrogen) atoms. The predicted octanol–water partition coefficient (Wildman–Crippen LogP) is 4.18. The zero-order valence-electron chi connectivity index (χ0n) is 19.5. The van der Waals surface area contributed by atoms with Crippen LogP contribution in [0, 0.1) is 13.8 Å². The number of likely N-dealkylation sites (tertiary alicyclic amines) is 1. The average Bonchev–Trinajstić information content (AvgIpc) is 3.28. The lowest BCUT2D eigenvalue weighted by Gasteiger charge is -2.36. The molecule has 7 heteroatoms. The van der Waals surface area contributed by atoms with E-state index in [1.807, 2.05) is 11.8 Å². The number of aryl methyl sites for hydroxylation is 2. The minimum atomic E-state index is -0.0950. The number of fused-ring (bicyclic) bond motifs is 1. The minimum Gasteiger partial charge on any atom is -0.356 e. The summed E-state index contributed by atoms with van der Waals surface area (Å²) in [4.78, 5) is 27.8. The van der Waals surface area contributed by atoms with Crippen LogP contribution in [0.15, 0.2) is 36.5 Å². The van der Waals surface area contributed by atoms with Crippen LogP contribution in [0.3, 0.4) is 0 Å². The number of hydrogen-bond donors (Lipinski definition) is 1. The number of carbonyl (C=O) groups excluding carboxylic acids is 1. The van der Waals surface area contributed by atoms with E-state index in [1.54, 1.807) is 6.20 Å². The Balaban J connectivity index is 1.44. The van der Waals surface area contributed by atoms with Crippen LogP contribution < -0.4 is 4.90 Å². The maximum atomic E-state index is 13.4. The number of rotatable bonds is 5. The van der Waals surface area contributed by atoms with Crippen molar-refractivity contribution in [1.29, 1.82) is 0 Å². The quantitative estimate of drug-likeness (QED) is 0.639. The Labute approximate surface area is 195 Å². The SMILES string of the molecule is Cc1nc([C@@H]2CCCCN2C(=O)c2cn[nH]c2C)nc2c1CCCN2CCc1ccccc1. The molecule has 1 saturated heterocycles. The second kappa shape index (κ2) is 9.33. The number of aromatic nitrogens is 4. The van der Waals surface area contributed by atoms with Gasteiger partial charge in [-0.3, -0.25) is 9.89 Å². The second-order valence-corrected chi connectivity index (χ2v) is 9.21. The van der Waals surface area contributed by atoms with Gasteiger partial charge in [0.1, 0.15) is 5.82 Å². The van der Waals surface area contributed by atoms with E-state index in [2.05, 4.69) is 52.4 Å². The number of H-pyrrole nitrogens is 1. The molecule has 0 spiro atoms. The first-order chi connectivity index (χ1) is 16.1. The van der Waals surface area contributed by atoms with Gasteiger partial charge in [0.2, 0.25) is 0 Å². The molecule has 1 aromatic carbocycles. The normalized spacial score (nSPS) is 18.3. The highest BCUT2D eigenvalue weighted by atomic mass is 16.2. The highest BCUT2D eigenvalue weighted by molar-refractivity contribution is 5.95. The summed E-state index contributed by atoms with van der Waals surface area (Å²) in [5.74, 6) is 1.87.